The average Bonchev–Trinajstić information content (AvgIpc) is 2.58. The molecule has 4 nitrogen and oxygen atoms in total. The van der Waals surface area contributed by atoms with E-state index < -0.39 is 5.97 Å². The van der Waals surface area contributed by atoms with Crippen molar-refractivity contribution in [2.24, 2.45) is 0 Å². The van der Waals surface area contributed by atoms with Crippen LogP contribution in [0.4, 0.5) is 0 Å². The molecule has 1 aromatic heterocycles. The lowest BCUT2D eigenvalue weighted by atomic mass is 10.2. The minimum absolute atomic E-state index is 0.159. The van der Waals surface area contributed by atoms with Crippen molar-refractivity contribution in [2.45, 2.75) is 6.92 Å². The van der Waals surface area contributed by atoms with Crippen LogP contribution < -0.4 is 0 Å². The van der Waals surface area contributed by atoms with Crippen molar-refractivity contribution in [3.63, 3.8) is 0 Å². The highest BCUT2D eigenvalue weighted by Gasteiger charge is 2.16. The summed E-state index contributed by atoms with van der Waals surface area (Å²) < 4.78 is 1.97. The molecule has 17 heavy (non-hydrogen) atoms. The second kappa shape index (κ2) is 4.50. The summed E-state index contributed by atoms with van der Waals surface area (Å²) in [5.74, 6) is -1.02. The van der Waals surface area contributed by atoms with Gasteiger partial charge in [0.05, 0.1) is 22.0 Å². The Balaban J connectivity index is 2.67. The van der Waals surface area contributed by atoms with Crippen LogP contribution in [-0.2, 0) is 0 Å². The first kappa shape index (κ1) is 12.1. The molecule has 0 saturated carbocycles. The highest BCUT2D eigenvalue weighted by Crippen LogP contribution is 2.25. The molecule has 0 aliphatic heterocycles. The van der Waals surface area contributed by atoms with Gasteiger partial charge in [0.15, 0.2) is 0 Å². The van der Waals surface area contributed by atoms with Gasteiger partial charge >= 0.3 is 5.97 Å². The van der Waals surface area contributed by atoms with Gasteiger partial charge in [-0.1, -0.05) is 17.7 Å². The number of carboxylic acids is 1. The van der Waals surface area contributed by atoms with E-state index >= 15 is 0 Å². The lowest BCUT2D eigenvalue weighted by molar-refractivity contribution is 0.0695. The van der Waals surface area contributed by atoms with Gasteiger partial charge in [-0.05, 0) is 35.0 Å². The molecule has 2 aromatic rings. The van der Waals surface area contributed by atoms with Crippen LogP contribution in [0.25, 0.3) is 5.69 Å². The van der Waals surface area contributed by atoms with Crippen LogP contribution in [0, 0.1) is 6.92 Å². The highest BCUT2D eigenvalue weighted by molar-refractivity contribution is 9.10. The maximum absolute atomic E-state index is 11.2. The summed E-state index contributed by atoms with van der Waals surface area (Å²) in [6, 6.07) is 5.10. The van der Waals surface area contributed by atoms with Crippen LogP contribution in [0.2, 0.25) is 5.02 Å². The molecule has 6 heteroatoms. The maximum atomic E-state index is 11.2. The Labute approximate surface area is 111 Å². The molecule has 0 aliphatic carbocycles. The largest absolute Gasteiger partial charge is 0.478 e. The number of nitrogens with zero attached hydrogens (tertiary/aromatic N) is 2. The zero-order chi connectivity index (χ0) is 12.6. The Morgan fingerprint density at radius 2 is 2.24 bits per heavy atom. The van der Waals surface area contributed by atoms with Gasteiger partial charge in [-0.3, -0.25) is 0 Å². The zero-order valence-corrected chi connectivity index (χ0v) is 11.2. The second-order valence-corrected chi connectivity index (χ2v) is 4.71. The van der Waals surface area contributed by atoms with Gasteiger partial charge in [0, 0.05) is 10.7 Å². The molecular formula is C11H8BrClN2O2. The van der Waals surface area contributed by atoms with Gasteiger partial charge < -0.3 is 5.11 Å². The second-order valence-electron chi connectivity index (χ2n) is 3.45. The Hall–Kier alpha value is -1.33. The molecule has 0 fully saturated rings. The van der Waals surface area contributed by atoms with Crippen molar-refractivity contribution >= 4 is 33.5 Å². The monoisotopic (exact) mass is 314 g/mol. The van der Waals surface area contributed by atoms with E-state index in [-0.39, 0.29) is 5.56 Å². The Morgan fingerprint density at radius 3 is 2.76 bits per heavy atom. The van der Waals surface area contributed by atoms with E-state index in [2.05, 4.69) is 21.0 Å². The zero-order valence-electron chi connectivity index (χ0n) is 8.82. The molecule has 0 unspecified atom stereocenters. The number of aromatic carboxylic acids is 1. The third-order valence-corrected chi connectivity index (χ3v) is 3.32. The quantitative estimate of drug-likeness (QED) is 0.925. The molecule has 1 N–H and O–H groups in total. The van der Waals surface area contributed by atoms with E-state index in [4.69, 9.17) is 11.6 Å². The number of rotatable bonds is 2. The van der Waals surface area contributed by atoms with E-state index in [1.54, 1.807) is 31.3 Å². The van der Waals surface area contributed by atoms with Crippen LogP contribution in [0.3, 0.4) is 0 Å². The summed E-state index contributed by atoms with van der Waals surface area (Å²) in [6.07, 6.45) is 1.59. The molecule has 0 aliphatic rings. The SMILES string of the molecule is Cc1nn(-c2cccc(Br)c2C(=O)O)cc1Cl. The smallest absolute Gasteiger partial charge is 0.339 e. The number of carbonyl (C=O) groups is 1. The van der Waals surface area contributed by atoms with Crippen LogP contribution in [0.5, 0.6) is 0 Å². The fourth-order valence-electron chi connectivity index (χ4n) is 1.48. The van der Waals surface area contributed by atoms with Gasteiger partial charge in [-0.25, -0.2) is 9.48 Å². The molecule has 2 rings (SSSR count). The lowest BCUT2D eigenvalue weighted by Gasteiger charge is -2.07. The maximum Gasteiger partial charge on any atom is 0.339 e. The van der Waals surface area contributed by atoms with Gasteiger partial charge in [-0.2, -0.15) is 5.10 Å². The van der Waals surface area contributed by atoms with Gasteiger partial charge in [-0.15, -0.1) is 0 Å². The molecular weight excluding hydrogens is 307 g/mol. The highest BCUT2D eigenvalue weighted by atomic mass is 79.9. The molecule has 0 bridgehead atoms. The van der Waals surface area contributed by atoms with E-state index in [1.165, 1.54) is 4.68 Å². The molecule has 0 saturated heterocycles. The number of aryl methyl sites for hydroxylation is 1. The summed E-state index contributed by atoms with van der Waals surface area (Å²) in [5.41, 5.74) is 1.29. The predicted molar refractivity (Wildman–Crippen MR) is 68.0 cm³/mol. The average molecular weight is 316 g/mol. The summed E-state index contributed by atoms with van der Waals surface area (Å²) in [5, 5.41) is 13.8. The van der Waals surface area contributed by atoms with Crippen LogP contribution in [0.15, 0.2) is 28.9 Å². The summed E-state index contributed by atoms with van der Waals surface area (Å²) in [4.78, 5) is 11.2. The molecule has 88 valence electrons. The minimum Gasteiger partial charge on any atom is -0.478 e. The number of hydrogen-bond donors (Lipinski definition) is 1. The number of benzene rings is 1. The molecule has 0 atom stereocenters. The van der Waals surface area contributed by atoms with Gasteiger partial charge in [0.1, 0.15) is 0 Å². The number of halogens is 2. The van der Waals surface area contributed by atoms with Gasteiger partial charge in [0.25, 0.3) is 0 Å². The van der Waals surface area contributed by atoms with Crippen molar-refractivity contribution in [1.29, 1.82) is 0 Å². The van der Waals surface area contributed by atoms with Crippen molar-refractivity contribution in [3.8, 4) is 5.69 Å². The summed E-state index contributed by atoms with van der Waals surface area (Å²) in [7, 11) is 0. The van der Waals surface area contributed by atoms with Crippen LogP contribution in [0.1, 0.15) is 16.1 Å². The number of carboxylic acid groups (broad SMARTS) is 1. The third kappa shape index (κ3) is 2.21. The summed E-state index contributed by atoms with van der Waals surface area (Å²) >= 11 is 9.12. The summed E-state index contributed by atoms with van der Waals surface area (Å²) in [6.45, 7) is 1.76. The van der Waals surface area contributed by atoms with E-state index in [0.717, 1.165) is 0 Å². The van der Waals surface area contributed by atoms with E-state index in [9.17, 15) is 9.90 Å². The Kier molecular flexibility index (Phi) is 3.22. The minimum atomic E-state index is -1.02. The topological polar surface area (TPSA) is 55.1 Å². The molecule has 0 radical (unpaired) electrons. The standard InChI is InChI=1S/C11H8BrClN2O2/c1-6-8(13)5-15(14-6)9-4-2-3-7(12)10(9)11(16)17/h2-5H,1H3,(H,16,17). The molecule has 1 aromatic carbocycles. The predicted octanol–water partition coefficient (Wildman–Crippen LogP) is 3.29. The normalized spacial score (nSPS) is 10.5. The van der Waals surface area contributed by atoms with E-state index in [1.807, 2.05) is 0 Å². The fraction of sp³-hybridized carbons (Fsp3) is 0.0909. The van der Waals surface area contributed by atoms with Crippen molar-refractivity contribution in [3.05, 3.63) is 45.1 Å². The van der Waals surface area contributed by atoms with E-state index in [0.29, 0.717) is 20.9 Å². The third-order valence-electron chi connectivity index (χ3n) is 2.29. The Bertz CT molecular complexity index is 576. The van der Waals surface area contributed by atoms with Crippen molar-refractivity contribution in [2.75, 3.05) is 0 Å². The first-order chi connectivity index (χ1) is 8.00. The fourth-order valence-corrected chi connectivity index (χ4v) is 2.13. The van der Waals surface area contributed by atoms with Crippen LogP contribution in [-0.4, -0.2) is 20.9 Å². The van der Waals surface area contributed by atoms with Crippen molar-refractivity contribution < 1.29 is 9.90 Å². The molecule has 0 amide bonds. The lowest BCUT2D eigenvalue weighted by Crippen LogP contribution is -2.06. The number of hydrogen-bond acceptors (Lipinski definition) is 2. The molecule has 1 heterocycles. The van der Waals surface area contributed by atoms with Gasteiger partial charge in [0.2, 0.25) is 0 Å². The first-order valence-corrected chi connectivity index (χ1v) is 5.91. The Morgan fingerprint density at radius 1 is 1.53 bits per heavy atom. The van der Waals surface area contributed by atoms with Crippen LogP contribution >= 0.6 is 27.5 Å². The first-order valence-electron chi connectivity index (χ1n) is 4.74. The van der Waals surface area contributed by atoms with Crippen molar-refractivity contribution in [1.82, 2.24) is 9.78 Å². The molecule has 0 spiro atoms. The number of aromatic nitrogens is 2.